The van der Waals surface area contributed by atoms with Crippen LogP contribution in [0.15, 0.2) is 24.2 Å². The van der Waals surface area contributed by atoms with Gasteiger partial charge in [0, 0.05) is 10.5 Å². The Morgan fingerprint density at radius 1 is 1.69 bits per heavy atom. The Hall–Kier alpha value is -0.900. The van der Waals surface area contributed by atoms with Crippen LogP contribution in [-0.2, 0) is 10.3 Å². The van der Waals surface area contributed by atoms with Gasteiger partial charge < -0.3 is 10.8 Å². The molecule has 0 aromatic heterocycles. The number of rotatable bonds is 1. The third-order valence-corrected chi connectivity index (χ3v) is 2.52. The Morgan fingerprint density at radius 2 is 2.38 bits per heavy atom. The number of nitrogens with two attached hydrogens (primary N) is 1. The van der Waals surface area contributed by atoms with Crippen molar-refractivity contribution in [3.8, 4) is 0 Å². The average Bonchev–Trinajstić information content (AvgIpc) is 2.47. The van der Waals surface area contributed by atoms with E-state index in [1.54, 1.807) is 0 Å². The van der Waals surface area contributed by atoms with Crippen LogP contribution in [0.1, 0.15) is 37.1 Å². The second-order valence-corrected chi connectivity index (χ2v) is 3.58. The van der Waals surface area contributed by atoms with Crippen molar-refractivity contribution in [2.75, 3.05) is 0 Å². The molecule has 2 unspecified atom stereocenters. The third kappa shape index (κ3) is 1.75. The maximum atomic E-state index is 12.7. The first kappa shape index (κ1) is 4.77. The molecular formula is C12H14ClNO2. The summed E-state index contributed by atoms with van der Waals surface area (Å²) in [5.41, 5.74) is 2.11. The minimum Gasteiger partial charge on any atom is -0.385 e. The molecule has 0 aliphatic heterocycles. The molecule has 0 heterocycles. The number of carbonyl (C=O) groups excluding carboxylic acids is 1. The molecule has 3 nitrogen and oxygen atoms in total. The van der Waals surface area contributed by atoms with Gasteiger partial charge in [0.25, 0.3) is 0 Å². The van der Waals surface area contributed by atoms with Crippen LogP contribution in [0.25, 0.3) is 0 Å². The van der Waals surface area contributed by atoms with Crippen molar-refractivity contribution in [2.24, 2.45) is 5.73 Å². The molecular weight excluding hydrogens is 226 g/mol. The number of ketones is 1. The van der Waals surface area contributed by atoms with Gasteiger partial charge in [0.2, 0.25) is 0 Å². The molecule has 0 spiro atoms. The quantitative estimate of drug-likeness (QED) is 0.794. The molecule has 3 N–H and O–H groups in total. The smallest absolute Gasteiger partial charge is 0.185 e. The largest absolute Gasteiger partial charge is 0.385 e. The fraction of sp³-hybridized carbons (Fsp3) is 0.417. The van der Waals surface area contributed by atoms with Gasteiger partial charge in [-0.2, -0.15) is 0 Å². The molecule has 16 heavy (non-hydrogen) atoms. The van der Waals surface area contributed by atoms with Gasteiger partial charge in [-0.3, -0.25) is 4.79 Å². The number of hydrogen-bond donors (Lipinski definition) is 2. The van der Waals surface area contributed by atoms with Gasteiger partial charge in [-0.25, -0.2) is 0 Å². The molecule has 0 amide bonds. The maximum absolute atomic E-state index is 12.7. The molecule has 2 atom stereocenters. The lowest BCUT2D eigenvalue weighted by Gasteiger charge is -2.35. The number of Topliss-reactive ketones (excluding diaryl/α,β-unsaturated/α-hetero) is 1. The molecule has 0 bridgehead atoms. The fourth-order valence-corrected chi connectivity index (χ4v) is 1.63. The molecule has 1 fully saturated rings. The highest BCUT2D eigenvalue weighted by Gasteiger charge is 2.43. The van der Waals surface area contributed by atoms with Crippen molar-refractivity contribution >= 4 is 17.4 Å². The van der Waals surface area contributed by atoms with Gasteiger partial charge in [-0.05, 0) is 30.8 Å². The van der Waals surface area contributed by atoms with E-state index in [9.17, 15) is 9.90 Å². The lowest BCUT2D eigenvalue weighted by atomic mass is 9.75. The van der Waals surface area contributed by atoms with Gasteiger partial charge in [-0.1, -0.05) is 29.7 Å². The van der Waals surface area contributed by atoms with Crippen molar-refractivity contribution in [1.82, 2.24) is 0 Å². The maximum Gasteiger partial charge on any atom is 0.185 e. The predicted octanol–water partition coefficient (Wildman–Crippen LogP) is 1.61. The summed E-state index contributed by atoms with van der Waals surface area (Å²) in [7, 11) is 0. The van der Waals surface area contributed by atoms with E-state index in [1.807, 2.05) is 0 Å². The summed E-state index contributed by atoms with van der Waals surface area (Å²) in [6.45, 7) is 0. The molecule has 2 rings (SSSR count). The first-order valence-corrected chi connectivity index (χ1v) is 4.74. The van der Waals surface area contributed by atoms with Gasteiger partial charge in [0.1, 0.15) is 11.6 Å². The van der Waals surface area contributed by atoms with Gasteiger partial charge in [0.05, 0.1) is 6.85 Å². The standard InChI is InChI=1S/C12H14ClNO2/c13-9-5-2-1-4-8(9)12(14)7-3-6-10(15)11(12)16/h1-2,4-5,10,15H,3,6-7,14H2/i1D,2D,4D,5D,6D2,7D2,10D. The van der Waals surface area contributed by atoms with Gasteiger partial charge in [-0.15, -0.1) is 0 Å². The lowest BCUT2D eigenvalue weighted by Crippen LogP contribution is -2.52. The minimum atomic E-state index is -3.44. The van der Waals surface area contributed by atoms with Crippen LogP contribution in [-0.4, -0.2) is 17.0 Å². The summed E-state index contributed by atoms with van der Waals surface area (Å²) in [4.78, 5) is 12.7. The van der Waals surface area contributed by atoms with Crippen LogP contribution in [0.4, 0.5) is 0 Å². The van der Waals surface area contributed by atoms with E-state index in [-0.39, 0.29) is 0 Å². The van der Waals surface area contributed by atoms with Crippen molar-refractivity contribution in [2.45, 2.75) is 30.8 Å². The van der Waals surface area contributed by atoms with E-state index in [4.69, 9.17) is 29.7 Å². The Balaban J connectivity index is 2.93. The molecule has 1 aromatic rings. The van der Waals surface area contributed by atoms with E-state index < -0.39 is 71.3 Å². The second-order valence-electron chi connectivity index (χ2n) is 3.21. The molecule has 0 saturated heterocycles. The molecule has 0 radical (unpaired) electrons. The normalized spacial score (nSPS) is 49.4. The minimum absolute atomic E-state index is 0.732. The monoisotopic (exact) mass is 248 g/mol. The summed E-state index contributed by atoms with van der Waals surface area (Å²) in [5, 5.41) is 9.30. The third-order valence-electron chi connectivity index (χ3n) is 2.23. The fourth-order valence-electron chi connectivity index (χ4n) is 1.39. The number of hydrogen-bond acceptors (Lipinski definition) is 3. The molecule has 4 heteroatoms. The number of halogens is 1. The molecule has 1 saturated carbocycles. The zero-order valence-electron chi connectivity index (χ0n) is 17.0. The van der Waals surface area contributed by atoms with Crippen molar-refractivity contribution in [3.05, 3.63) is 34.8 Å². The van der Waals surface area contributed by atoms with E-state index in [1.165, 1.54) is 0 Å². The zero-order chi connectivity index (χ0) is 19.7. The summed E-state index contributed by atoms with van der Waals surface area (Å²) in [6.07, 6.45) is -10.5. The van der Waals surface area contributed by atoms with E-state index in [2.05, 4.69) is 0 Å². The number of aliphatic hydroxyl groups is 1. The molecule has 1 aliphatic rings. The Bertz CT molecular complexity index is 753. The first-order chi connectivity index (χ1) is 11.0. The Kier molecular flexibility index (Phi) is 1.24. The molecule has 1 aromatic carbocycles. The first-order valence-electron chi connectivity index (χ1n) is 8.86. The van der Waals surface area contributed by atoms with Crippen LogP contribution in [0.5, 0.6) is 0 Å². The van der Waals surface area contributed by atoms with Crippen molar-refractivity contribution in [3.63, 3.8) is 0 Å². The summed E-state index contributed by atoms with van der Waals surface area (Å²) in [6, 6.07) is -3.24. The predicted molar refractivity (Wildman–Crippen MR) is 62.2 cm³/mol. The average molecular weight is 249 g/mol. The van der Waals surface area contributed by atoms with E-state index >= 15 is 0 Å². The highest BCUT2D eigenvalue weighted by molar-refractivity contribution is 6.31. The second kappa shape index (κ2) is 4.17. The highest BCUT2D eigenvalue weighted by atomic mass is 35.5. The van der Waals surface area contributed by atoms with Crippen LogP contribution >= 0.6 is 11.6 Å². The van der Waals surface area contributed by atoms with Gasteiger partial charge in [0.15, 0.2) is 5.78 Å². The number of carbonyl (C=O) groups is 1. The van der Waals surface area contributed by atoms with Crippen molar-refractivity contribution < 1.29 is 22.2 Å². The molecule has 1 aliphatic carbocycles. The summed E-state index contributed by atoms with van der Waals surface area (Å²) in [5.74, 6) is -1.78. The Morgan fingerprint density at radius 3 is 3.12 bits per heavy atom. The topological polar surface area (TPSA) is 63.3 Å². The zero-order valence-corrected chi connectivity index (χ0v) is 8.77. The van der Waals surface area contributed by atoms with E-state index in [0.29, 0.717) is 0 Å². The summed E-state index contributed by atoms with van der Waals surface area (Å²) < 4.78 is 69.8. The van der Waals surface area contributed by atoms with Crippen LogP contribution < -0.4 is 5.73 Å². The molecule has 86 valence electrons. The van der Waals surface area contributed by atoms with Crippen LogP contribution in [0.3, 0.4) is 0 Å². The Labute approximate surface area is 112 Å². The van der Waals surface area contributed by atoms with Crippen molar-refractivity contribution in [1.29, 1.82) is 0 Å². The number of benzene rings is 1. The van der Waals surface area contributed by atoms with Gasteiger partial charge >= 0.3 is 0 Å². The van der Waals surface area contributed by atoms with E-state index in [0.717, 1.165) is 0 Å². The lowest BCUT2D eigenvalue weighted by molar-refractivity contribution is -0.136. The SMILES string of the molecule is [2H]c1c([2H])c([2H])c(C2(N)C(=O)C([2H])(O)C([2H])([2H])CC2([2H])[2H])c(Cl)c1[2H]. The van der Waals surface area contributed by atoms with Crippen LogP contribution in [0, 0.1) is 0 Å². The highest BCUT2D eigenvalue weighted by Crippen LogP contribution is 2.35. The van der Waals surface area contributed by atoms with Crippen LogP contribution in [0.2, 0.25) is 5.02 Å². The summed E-state index contributed by atoms with van der Waals surface area (Å²) >= 11 is 5.91.